The summed E-state index contributed by atoms with van der Waals surface area (Å²) in [5.74, 6) is -2.04. The van der Waals surface area contributed by atoms with E-state index in [2.05, 4.69) is 0 Å². The number of carbonyl (C=O) groups excluding carboxylic acids is 1. The summed E-state index contributed by atoms with van der Waals surface area (Å²) in [6, 6.07) is 10.2. The Bertz CT molecular complexity index is 771. The molecular formula is C18H18FNO4. The summed E-state index contributed by atoms with van der Waals surface area (Å²) in [5.41, 5.74) is -0.686. The third-order valence-electron chi connectivity index (χ3n) is 4.34. The lowest BCUT2D eigenvalue weighted by molar-refractivity contribution is 0.0300. The number of nitrogens with zero attached hydrogens (tertiary/aromatic N) is 1. The number of benzene rings is 1. The first-order valence-corrected chi connectivity index (χ1v) is 7.78. The minimum absolute atomic E-state index is 0.0674. The topological polar surface area (TPSA) is 70.8 Å². The number of aromatic carboxylic acids is 1. The Morgan fingerprint density at radius 1 is 1.29 bits per heavy atom. The lowest BCUT2D eigenvalue weighted by Gasteiger charge is -2.37. The first kappa shape index (κ1) is 16.2. The molecule has 1 saturated heterocycles. The van der Waals surface area contributed by atoms with Crippen molar-refractivity contribution in [3.8, 4) is 0 Å². The summed E-state index contributed by atoms with van der Waals surface area (Å²) in [4.78, 5) is 25.0. The Hall–Kier alpha value is -2.63. The summed E-state index contributed by atoms with van der Waals surface area (Å²) < 4.78 is 20.5. The summed E-state index contributed by atoms with van der Waals surface area (Å²) >= 11 is 0. The van der Waals surface area contributed by atoms with E-state index in [-0.39, 0.29) is 18.1 Å². The fraction of sp³-hybridized carbons (Fsp3) is 0.333. The Labute approximate surface area is 138 Å². The molecule has 1 unspecified atom stereocenters. The Balaban J connectivity index is 1.83. The van der Waals surface area contributed by atoms with Crippen LogP contribution in [-0.2, 0) is 5.67 Å². The number of carboxylic acids is 1. The van der Waals surface area contributed by atoms with Crippen molar-refractivity contribution in [2.75, 3.05) is 13.1 Å². The highest BCUT2D eigenvalue weighted by molar-refractivity contribution is 5.94. The second-order valence-electron chi connectivity index (χ2n) is 6.09. The molecule has 1 atom stereocenters. The van der Waals surface area contributed by atoms with Crippen molar-refractivity contribution >= 4 is 11.9 Å². The van der Waals surface area contributed by atoms with E-state index in [1.54, 1.807) is 31.2 Å². The zero-order valence-corrected chi connectivity index (χ0v) is 13.3. The van der Waals surface area contributed by atoms with E-state index < -0.39 is 17.5 Å². The van der Waals surface area contributed by atoms with E-state index in [1.165, 1.54) is 11.0 Å². The van der Waals surface area contributed by atoms with Crippen LogP contribution in [0.1, 0.15) is 45.1 Å². The zero-order chi connectivity index (χ0) is 17.3. The lowest BCUT2D eigenvalue weighted by atomic mass is 9.87. The number of piperidine rings is 1. The van der Waals surface area contributed by atoms with Gasteiger partial charge in [-0.15, -0.1) is 0 Å². The standard InChI is InChI=1S/C18H18FNO4/c1-12-10-14(24-15(12)17(22)23)16(21)20-9-5-8-18(19,11-20)13-6-3-2-4-7-13/h2-4,6-7,10H,5,8-9,11H2,1H3,(H,22,23). The van der Waals surface area contributed by atoms with Crippen LogP contribution in [-0.4, -0.2) is 35.0 Å². The summed E-state index contributed by atoms with van der Waals surface area (Å²) in [5, 5.41) is 9.02. The number of carbonyl (C=O) groups is 2. The maximum atomic E-state index is 15.3. The molecule has 1 aliphatic heterocycles. The molecule has 0 aliphatic carbocycles. The van der Waals surface area contributed by atoms with Gasteiger partial charge in [-0.25, -0.2) is 9.18 Å². The van der Waals surface area contributed by atoms with Crippen molar-refractivity contribution < 1.29 is 23.5 Å². The first-order valence-electron chi connectivity index (χ1n) is 7.78. The number of carboxylic acid groups (broad SMARTS) is 1. The molecular weight excluding hydrogens is 313 g/mol. The minimum atomic E-state index is -1.60. The highest BCUT2D eigenvalue weighted by Gasteiger charge is 2.39. The van der Waals surface area contributed by atoms with Gasteiger partial charge in [-0.3, -0.25) is 4.79 Å². The van der Waals surface area contributed by atoms with Gasteiger partial charge in [-0.2, -0.15) is 0 Å². The van der Waals surface area contributed by atoms with Crippen LogP contribution in [0.5, 0.6) is 0 Å². The van der Waals surface area contributed by atoms with E-state index in [1.807, 2.05) is 6.07 Å². The monoisotopic (exact) mass is 331 g/mol. The molecule has 1 aromatic carbocycles. The molecule has 0 bridgehead atoms. The molecule has 2 aromatic rings. The molecule has 126 valence electrons. The van der Waals surface area contributed by atoms with Gasteiger partial charge in [0.2, 0.25) is 5.76 Å². The van der Waals surface area contributed by atoms with Crippen LogP contribution in [0.2, 0.25) is 0 Å². The molecule has 1 N–H and O–H groups in total. The quantitative estimate of drug-likeness (QED) is 0.936. The fourth-order valence-corrected chi connectivity index (χ4v) is 3.11. The lowest BCUT2D eigenvalue weighted by Crippen LogP contribution is -2.46. The van der Waals surface area contributed by atoms with E-state index >= 15 is 4.39 Å². The number of rotatable bonds is 3. The van der Waals surface area contributed by atoms with Crippen molar-refractivity contribution in [2.24, 2.45) is 0 Å². The van der Waals surface area contributed by atoms with E-state index in [4.69, 9.17) is 9.52 Å². The van der Waals surface area contributed by atoms with Gasteiger partial charge in [-0.05, 0) is 31.4 Å². The van der Waals surface area contributed by atoms with Crippen molar-refractivity contribution in [2.45, 2.75) is 25.4 Å². The molecule has 1 fully saturated rings. The third-order valence-corrected chi connectivity index (χ3v) is 4.34. The van der Waals surface area contributed by atoms with Crippen LogP contribution in [0.15, 0.2) is 40.8 Å². The van der Waals surface area contributed by atoms with Gasteiger partial charge in [0.15, 0.2) is 11.4 Å². The van der Waals surface area contributed by atoms with Gasteiger partial charge in [-0.1, -0.05) is 30.3 Å². The summed E-state index contributed by atoms with van der Waals surface area (Å²) in [7, 11) is 0. The number of aryl methyl sites for hydroxylation is 1. The van der Waals surface area contributed by atoms with Crippen LogP contribution < -0.4 is 0 Å². The van der Waals surface area contributed by atoms with Crippen molar-refractivity contribution in [1.29, 1.82) is 0 Å². The molecule has 24 heavy (non-hydrogen) atoms. The van der Waals surface area contributed by atoms with Crippen molar-refractivity contribution in [1.82, 2.24) is 4.90 Å². The predicted octanol–water partition coefficient (Wildman–Crippen LogP) is 3.39. The average Bonchev–Trinajstić information content (AvgIpc) is 2.97. The summed E-state index contributed by atoms with van der Waals surface area (Å²) in [6.45, 7) is 1.90. The highest BCUT2D eigenvalue weighted by atomic mass is 19.1. The molecule has 0 spiro atoms. The maximum Gasteiger partial charge on any atom is 0.372 e. The Morgan fingerprint density at radius 2 is 2.00 bits per heavy atom. The molecule has 2 heterocycles. The number of hydrogen-bond acceptors (Lipinski definition) is 3. The number of hydrogen-bond donors (Lipinski definition) is 1. The molecule has 1 amide bonds. The Morgan fingerprint density at radius 3 is 2.62 bits per heavy atom. The molecule has 3 rings (SSSR count). The van der Waals surface area contributed by atoms with E-state index in [0.717, 1.165) is 0 Å². The molecule has 1 aromatic heterocycles. The number of furan rings is 1. The maximum absolute atomic E-state index is 15.3. The van der Waals surface area contributed by atoms with Crippen LogP contribution in [0, 0.1) is 6.92 Å². The number of amides is 1. The second-order valence-corrected chi connectivity index (χ2v) is 6.09. The van der Waals surface area contributed by atoms with Gasteiger partial charge in [0.25, 0.3) is 5.91 Å². The van der Waals surface area contributed by atoms with E-state index in [9.17, 15) is 9.59 Å². The SMILES string of the molecule is Cc1cc(C(=O)N2CCCC(F)(c3ccccc3)C2)oc1C(=O)O. The van der Waals surface area contributed by atoms with Gasteiger partial charge in [0.1, 0.15) is 0 Å². The molecule has 6 heteroatoms. The third kappa shape index (κ3) is 2.91. The first-order chi connectivity index (χ1) is 11.4. The smallest absolute Gasteiger partial charge is 0.372 e. The highest BCUT2D eigenvalue weighted by Crippen LogP contribution is 2.36. The van der Waals surface area contributed by atoms with Gasteiger partial charge in [0.05, 0.1) is 6.54 Å². The van der Waals surface area contributed by atoms with Crippen molar-refractivity contribution in [3.05, 3.63) is 59.0 Å². The predicted molar refractivity (Wildman–Crippen MR) is 84.8 cm³/mol. The van der Waals surface area contributed by atoms with Gasteiger partial charge < -0.3 is 14.4 Å². The summed E-state index contributed by atoms with van der Waals surface area (Å²) in [6.07, 6.45) is 0.876. The van der Waals surface area contributed by atoms with Gasteiger partial charge >= 0.3 is 5.97 Å². The van der Waals surface area contributed by atoms with E-state index in [0.29, 0.717) is 30.5 Å². The molecule has 0 radical (unpaired) electrons. The Kier molecular flexibility index (Phi) is 4.13. The fourth-order valence-electron chi connectivity index (χ4n) is 3.11. The number of halogens is 1. The average molecular weight is 331 g/mol. The minimum Gasteiger partial charge on any atom is -0.475 e. The second kappa shape index (κ2) is 6.11. The molecule has 5 nitrogen and oxygen atoms in total. The molecule has 1 aliphatic rings. The normalized spacial score (nSPS) is 20.8. The number of likely N-dealkylation sites (tertiary alicyclic amines) is 1. The van der Waals surface area contributed by atoms with Crippen LogP contribution >= 0.6 is 0 Å². The number of alkyl halides is 1. The van der Waals surface area contributed by atoms with Gasteiger partial charge in [0, 0.05) is 12.1 Å². The van der Waals surface area contributed by atoms with Crippen LogP contribution in [0.3, 0.4) is 0 Å². The van der Waals surface area contributed by atoms with Crippen LogP contribution in [0.25, 0.3) is 0 Å². The largest absolute Gasteiger partial charge is 0.475 e. The molecule has 0 saturated carbocycles. The zero-order valence-electron chi connectivity index (χ0n) is 13.3. The van der Waals surface area contributed by atoms with Crippen molar-refractivity contribution in [3.63, 3.8) is 0 Å². The van der Waals surface area contributed by atoms with Crippen LogP contribution in [0.4, 0.5) is 4.39 Å².